The number of amides is 2. The number of carbonyl (C=O) groups excluding carboxylic acids is 2. The molecule has 3 N–H and O–H groups in total. The smallest absolute Gasteiger partial charge is 0.246 e. The minimum Gasteiger partial charge on any atom is -0.389 e. The van der Waals surface area contributed by atoms with Gasteiger partial charge in [-0.25, -0.2) is 4.98 Å². The molecule has 2 heterocycles. The van der Waals surface area contributed by atoms with Crippen molar-refractivity contribution in [3.63, 3.8) is 0 Å². The Labute approximate surface area is 151 Å². The monoisotopic (exact) mass is 360 g/mol. The van der Waals surface area contributed by atoms with Crippen LogP contribution in [0.3, 0.4) is 0 Å². The van der Waals surface area contributed by atoms with Crippen molar-refractivity contribution in [1.29, 1.82) is 0 Å². The SMILES string of the molecule is CC(=O)N1CC[C@@H](NC(=O)COCc2nc3ccc(C)cc3[nH]2)[C@H](O)C1. The lowest BCUT2D eigenvalue weighted by Gasteiger charge is -2.35. The summed E-state index contributed by atoms with van der Waals surface area (Å²) in [6, 6.07) is 5.57. The molecule has 140 valence electrons. The Bertz CT molecular complexity index is 804. The average molecular weight is 360 g/mol. The van der Waals surface area contributed by atoms with Gasteiger partial charge in [0.2, 0.25) is 11.8 Å². The number of benzene rings is 1. The van der Waals surface area contributed by atoms with E-state index < -0.39 is 6.10 Å². The number of likely N-dealkylation sites (tertiary alicyclic amines) is 1. The standard InChI is InChI=1S/C18H24N4O4/c1-11-3-4-13-15(7-11)20-17(19-13)9-26-10-18(25)21-14-5-6-22(12(2)23)8-16(14)24/h3-4,7,14,16,24H,5-6,8-10H2,1-2H3,(H,19,20)(H,21,25)/t14-,16-/m1/s1. The zero-order valence-electron chi connectivity index (χ0n) is 15.0. The van der Waals surface area contributed by atoms with Crippen molar-refractivity contribution in [2.24, 2.45) is 0 Å². The second-order valence-electron chi connectivity index (χ2n) is 6.69. The summed E-state index contributed by atoms with van der Waals surface area (Å²) in [5.41, 5.74) is 2.94. The third-order valence-corrected chi connectivity index (χ3v) is 4.53. The normalized spacial score (nSPS) is 20.3. The summed E-state index contributed by atoms with van der Waals surface area (Å²) < 4.78 is 5.43. The molecule has 3 rings (SSSR count). The lowest BCUT2D eigenvalue weighted by molar-refractivity contribution is -0.133. The van der Waals surface area contributed by atoms with Crippen molar-refractivity contribution in [3.05, 3.63) is 29.6 Å². The topological polar surface area (TPSA) is 108 Å². The number of rotatable bonds is 5. The van der Waals surface area contributed by atoms with Crippen LogP contribution in [0.5, 0.6) is 0 Å². The summed E-state index contributed by atoms with van der Waals surface area (Å²) in [6.45, 7) is 4.33. The third kappa shape index (κ3) is 4.39. The molecule has 0 aliphatic carbocycles. The van der Waals surface area contributed by atoms with Gasteiger partial charge in [-0.3, -0.25) is 9.59 Å². The number of carbonyl (C=O) groups is 2. The van der Waals surface area contributed by atoms with Crippen molar-refractivity contribution in [1.82, 2.24) is 20.2 Å². The van der Waals surface area contributed by atoms with E-state index in [-0.39, 0.29) is 37.6 Å². The van der Waals surface area contributed by atoms with Crippen LogP contribution in [0.1, 0.15) is 24.7 Å². The maximum Gasteiger partial charge on any atom is 0.246 e. The molecule has 0 saturated carbocycles. The zero-order chi connectivity index (χ0) is 18.7. The summed E-state index contributed by atoms with van der Waals surface area (Å²) in [4.78, 5) is 32.5. The van der Waals surface area contributed by atoms with E-state index in [1.165, 1.54) is 6.92 Å². The van der Waals surface area contributed by atoms with Gasteiger partial charge in [0.1, 0.15) is 19.0 Å². The number of aromatic nitrogens is 2. The highest BCUT2D eigenvalue weighted by molar-refractivity contribution is 5.78. The van der Waals surface area contributed by atoms with Crippen LogP contribution >= 0.6 is 0 Å². The van der Waals surface area contributed by atoms with Crippen LogP contribution in [0.2, 0.25) is 0 Å². The number of aryl methyl sites for hydroxylation is 1. The highest BCUT2D eigenvalue weighted by Crippen LogP contribution is 2.14. The summed E-state index contributed by atoms with van der Waals surface area (Å²) in [7, 11) is 0. The highest BCUT2D eigenvalue weighted by Gasteiger charge is 2.29. The molecule has 0 spiro atoms. The molecular formula is C18H24N4O4. The zero-order valence-corrected chi connectivity index (χ0v) is 15.0. The second kappa shape index (κ2) is 7.84. The van der Waals surface area contributed by atoms with Gasteiger partial charge in [0, 0.05) is 20.0 Å². The third-order valence-electron chi connectivity index (χ3n) is 4.53. The quantitative estimate of drug-likeness (QED) is 0.719. The van der Waals surface area contributed by atoms with Crippen LogP contribution in [-0.2, 0) is 20.9 Å². The fourth-order valence-electron chi connectivity index (χ4n) is 3.12. The van der Waals surface area contributed by atoms with Crippen LogP contribution in [-0.4, -0.2) is 63.6 Å². The molecule has 1 aliphatic heterocycles. The first-order valence-corrected chi connectivity index (χ1v) is 8.68. The molecular weight excluding hydrogens is 336 g/mol. The molecule has 2 atom stereocenters. The summed E-state index contributed by atoms with van der Waals surface area (Å²) in [5, 5.41) is 12.8. The van der Waals surface area contributed by atoms with Crippen LogP contribution in [0.15, 0.2) is 18.2 Å². The molecule has 8 heteroatoms. The molecule has 8 nitrogen and oxygen atoms in total. The Kier molecular flexibility index (Phi) is 5.53. The largest absolute Gasteiger partial charge is 0.389 e. The van der Waals surface area contributed by atoms with Gasteiger partial charge >= 0.3 is 0 Å². The van der Waals surface area contributed by atoms with E-state index in [0.717, 1.165) is 16.6 Å². The number of aliphatic hydroxyl groups excluding tert-OH is 1. The maximum atomic E-state index is 12.0. The lowest BCUT2D eigenvalue weighted by Crippen LogP contribution is -2.55. The number of fused-ring (bicyclic) bond motifs is 1. The fraction of sp³-hybridized carbons (Fsp3) is 0.500. The molecule has 0 unspecified atom stereocenters. The number of nitrogens with zero attached hydrogens (tertiary/aromatic N) is 2. The van der Waals surface area contributed by atoms with Crippen LogP contribution in [0.4, 0.5) is 0 Å². The van der Waals surface area contributed by atoms with Gasteiger partial charge in [0.15, 0.2) is 0 Å². The fourth-order valence-corrected chi connectivity index (χ4v) is 3.12. The van der Waals surface area contributed by atoms with E-state index in [4.69, 9.17) is 4.74 Å². The molecule has 1 aromatic carbocycles. The second-order valence-corrected chi connectivity index (χ2v) is 6.69. The van der Waals surface area contributed by atoms with Crippen molar-refractivity contribution >= 4 is 22.8 Å². The summed E-state index contributed by atoms with van der Waals surface area (Å²) >= 11 is 0. The molecule has 0 bridgehead atoms. The predicted octanol–water partition coefficient (Wildman–Crippen LogP) is 0.486. The van der Waals surface area contributed by atoms with Gasteiger partial charge in [0.25, 0.3) is 0 Å². The van der Waals surface area contributed by atoms with Gasteiger partial charge in [0.05, 0.1) is 23.2 Å². The summed E-state index contributed by atoms with van der Waals surface area (Å²) in [5.74, 6) is 0.295. The number of ether oxygens (including phenoxy) is 1. The van der Waals surface area contributed by atoms with Crippen LogP contribution in [0.25, 0.3) is 11.0 Å². The van der Waals surface area contributed by atoms with Crippen molar-refractivity contribution < 1.29 is 19.4 Å². The minimum atomic E-state index is -0.768. The Morgan fingerprint density at radius 1 is 1.46 bits per heavy atom. The van der Waals surface area contributed by atoms with Gasteiger partial charge < -0.3 is 25.0 Å². The van der Waals surface area contributed by atoms with Gasteiger partial charge in [-0.1, -0.05) is 6.07 Å². The van der Waals surface area contributed by atoms with Gasteiger partial charge in [-0.15, -0.1) is 0 Å². The van der Waals surface area contributed by atoms with E-state index in [2.05, 4.69) is 15.3 Å². The average Bonchev–Trinajstić information content (AvgIpc) is 2.98. The number of aromatic amines is 1. The Balaban J connectivity index is 1.44. The van der Waals surface area contributed by atoms with Gasteiger partial charge in [-0.05, 0) is 31.0 Å². The van der Waals surface area contributed by atoms with E-state index in [1.54, 1.807) is 4.90 Å². The first-order chi connectivity index (χ1) is 12.4. The lowest BCUT2D eigenvalue weighted by atomic mass is 10.0. The molecule has 1 fully saturated rings. The Morgan fingerprint density at radius 3 is 3.00 bits per heavy atom. The van der Waals surface area contributed by atoms with Crippen molar-refractivity contribution in [2.75, 3.05) is 19.7 Å². The number of H-pyrrole nitrogens is 1. The predicted molar refractivity (Wildman–Crippen MR) is 95.3 cm³/mol. The Hall–Kier alpha value is -2.45. The molecule has 26 heavy (non-hydrogen) atoms. The molecule has 0 radical (unpaired) electrons. The van der Waals surface area contributed by atoms with E-state index in [9.17, 15) is 14.7 Å². The number of hydrogen-bond acceptors (Lipinski definition) is 5. The first-order valence-electron chi connectivity index (χ1n) is 8.68. The van der Waals surface area contributed by atoms with Crippen molar-refractivity contribution in [2.45, 2.75) is 39.0 Å². The van der Waals surface area contributed by atoms with Crippen molar-refractivity contribution in [3.8, 4) is 0 Å². The number of piperidine rings is 1. The maximum absolute atomic E-state index is 12.0. The number of aliphatic hydroxyl groups is 1. The molecule has 1 aliphatic rings. The van der Waals surface area contributed by atoms with E-state index >= 15 is 0 Å². The summed E-state index contributed by atoms with van der Waals surface area (Å²) in [6.07, 6.45) is -0.245. The van der Waals surface area contributed by atoms with Crippen LogP contribution < -0.4 is 5.32 Å². The number of nitrogens with one attached hydrogen (secondary N) is 2. The first kappa shape index (κ1) is 18.3. The number of imidazole rings is 1. The molecule has 2 aromatic rings. The minimum absolute atomic E-state index is 0.0711. The number of β-amino-alcohol motifs (C(OH)–C–C–N with tert-alkyl or cyclic N) is 1. The van der Waals surface area contributed by atoms with Gasteiger partial charge in [-0.2, -0.15) is 0 Å². The highest BCUT2D eigenvalue weighted by atomic mass is 16.5. The van der Waals surface area contributed by atoms with E-state index in [0.29, 0.717) is 18.8 Å². The van der Waals surface area contributed by atoms with Crippen LogP contribution in [0, 0.1) is 6.92 Å². The molecule has 1 aromatic heterocycles. The van der Waals surface area contributed by atoms with E-state index in [1.807, 2.05) is 25.1 Å². The Morgan fingerprint density at radius 2 is 2.27 bits per heavy atom. The number of hydrogen-bond donors (Lipinski definition) is 3. The molecule has 1 saturated heterocycles. The molecule has 2 amide bonds.